The lowest BCUT2D eigenvalue weighted by molar-refractivity contribution is 0.0738. The quantitative estimate of drug-likeness (QED) is 0.351. The van der Waals surface area contributed by atoms with E-state index in [-0.39, 0.29) is 12.1 Å². The van der Waals surface area contributed by atoms with Gasteiger partial charge in [0.15, 0.2) is 11.5 Å². The van der Waals surface area contributed by atoms with Gasteiger partial charge in [0.25, 0.3) is 5.56 Å². The Bertz CT molecular complexity index is 1510. The average molecular weight is 502 g/mol. The van der Waals surface area contributed by atoms with Crippen molar-refractivity contribution in [3.05, 3.63) is 71.3 Å². The highest BCUT2D eigenvalue weighted by molar-refractivity contribution is 5.77. The molecule has 4 aromatic rings. The summed E-state index contributed by atoms with van der Waals surface area (Å²) in [5, 5.41) is 14.1. The van der Waals surface area contributed by atoms with E-state index in [0.717, 1.165) is 30.2 Å². The third-order valence-electron chi connectivity index (χ3n) is 6.44. The van der Waals surface area contributed by atoms with E-state index in [1.807, 2.05) is 18.2 Å². The molecule has 1 saturated heterocycles. The molecule has 0 unspecified atom stereocenters. The number of aliphatic hydroxyl groups is 1. The fraction of sp³-hybridized carbons (Fsp3) is 0.333. The molecular weight excluding hydrogens is 470 g/mol. The lowest BCUT2D eigenvalue weighted by Gasteiger charge is -2.21. The van der Waals surface area contributed by atoms with Gasteiger partial charge in [-0.15, -0.1) is 6.58 Å². The molecule has 10 heteroatoms. The molecule has 0 atom stereocenters. The number of fused-ring (bicyclic) bond motifs is 1. The van der Waals surface area contributed by atoms with Gasteiger partial charge in [0.2, 0.25) is 5.95 Å². The Hall–Kier alpha value is -4.18. The maximum absolute atomic E-state index is 13.2. The summed E-state index contributed by atoms with van der Waals surface area (Å²) in [6.07, 6.45) is 5.51. The molecule has 37 heavy (non-hydrogen) atoms. The van der Waals surface area contributed by atoms with Crippen LogP contribution in [0.5, 0.6) is 5.75 Å². The highest BCUT2D eigenvalue weighted by Gasteiger charge is 2.22. The van der Waals surface area contributed by atoms with E-state index < -0.39 is 5.60 Å². The first-order valence-electron chi connectivity index (χ1n) is 12.3. The average Bonchev–Trinajstić information content (AvgIpc) is 3.51. The van der Waals surface area contributed by atoms with Gasteiger partial charge < -0.3 is 20.1 Å². The van der Waals surface area contributed by atoms with Crippen LogP contribution in [0.1, 0.15) is 32.4 Å². The lowest BCUT2D eigenvalue weighted by Crippen LogP contribution is -2.23. The Morgan fingerprint density at radius 1 is 1.19 bits per heavy atom. The monoisotopic (exact) mass is 501 g/mol. The first-order valence-corrected chi connectivity index (χ1v) is 12.3. The van der Waals surface area contributed by atoms with E-state index in [0.29, 0.717) is 28.5 Å². The zero-order chi connectivity index (χ0) is 26.2. The summed E-state index contributed by atoms with van der Waals surface area (Å²) in [7, 11) is 1.66. The second-order valence-electron chi connectivity index (χ2n) is 9.56. The van der Waals surface area contributed by atoms with Crippen LogP contribution in [0.2, 0.25) is 0 Å². The summed E-state index contributed by atoms with van der Waals surface area (Å²) < 4.78 is 8.80. The van der Waals surface area contributed by atoms with Crippen LogP contribution >= 0.6 is 0 Å². The number of anilines is 3. The van der Waals surface area contributed by atoms with Crippen LogP contribution in [0.4, 0.5) is 17.3 Å². The minimum atomic E-state index is -1.15. The van der Waals surface area contributed by atoms with Gasteiger partial charge in [-0.3, -0.25) is 4.79 Å². The van der Waals surface area contributed by atoms with Gasteiger partial charge in [0.05, 0.1) is 25.0 Å². The van der Waals surface area contributed by atoms with Gasteiger partial charge in [-0.1, -0.05) is 12.1 Å². The van der Waals surface area contributed by atoms with Crippen LogP contribution in [0.3, 0.4) is 0 Å². The number of hydrogen-bond acceptors (Lipinski definition) is 8. The van der Waals surface area contributed by atoms with Crippen molar-refractivity contribution in [2.45, 2.75) is 38.8 Å². The molecule has 2 N–H and O–H groups in total. The largest absolute Gasteiger partial charge is 0.495 e. The Morgan fingerprint density at radius 2 is 1.97 bits per heavy atom. The number of pyridine rings is 1. The fourth-order valence-electron chi connectivity index (χ4n) is 4.59. The molecule has 5 rings (SSSR count). The second-order valence-corrected chi connectivity index (χ2v) is 9.56. The standard InChI is InChI=1S/C27H31N7O3/c1-5-13-33-25(35)19-17-28-26(29-18-11-12-20(21(16-18)37-4)32-14-6-7-15-32)31-24(19)34(33)23-10-8-9-22(30-23)27(2,3)36/h5,8-12,16-17,36H,1,6-7,13-15H2,2-4H3,(H,28,29,31). The fourth-order valence-corrected chi connectivity index (χ4v) is 4.59. The van der Waals surface area contributed by atoms with E-state index in [1.165, 1.54) is 23.7 Å². The summed E-state index contributed by atoms with van der Waals surface area (Å²) in [4.78, 5) is 29.2. The van der Waals surface area contributed by atoms with Gasteiger partial charge >= 0.3 is 0 Å². The predicted octanol–water partition coefficient (Wildman–Crippen LogP) is 3.74. The van der Waals surface area contributed by atoms with Crippen molar-refractivity contribution in [1.82, 2.24) is 24.3 Å². The molecule has 4 heterocycles. The zero-order valence-electron chi connectivity index (χ0n) is 21.3. The van der Waals surface area contributed by atoms with Gasteiger partial charge in [-0.2, -0.15) is 4.98 Å². The molecule has 0 bridgehead atoms. The first kappa shape index (κ1) is 24.5. The third kappa shape index (κ3) is 4.67. The molecule has 0 amide bonds. The molecule has 192 valence electrons. The highest BCUT2D eigenvalue weighted by atomic mass is 16.5. The van der Waals surface area contributed by atoms with Gasteiger partial charge in [0, 0.05) is 31.0 Å². The smallest absolute Gasteiger partial charge is 0.278 e. The van der Waals surface area contributed by atoms with Crippen LogP contribution < -0.4 is 20.5 Å². The van der Waals surface area contributed by atoms with Crippen LogP contribution in [0.15, 0.2) is 60.0 Å². The van der Waals surface area contributed by atoms with Crippen molar-refractivity contribution in [3.63, 3.8) is 0 Å². The maximum Gasteiger partial charge on any atom is 0.278 e. The predicted molar refractivity (Wildman–Crippen MR) is 144 cm³/mol. The molecule has 1 aliphatic rings. The Kier molecular flexibility index (Phi) is 6.43. The number of nitrogens with one attached hydrogen (secondary N) is 1. The number of hydrogen-bond donors (Lipinski definition) is 2. The minimum absolute atomic E-state index is 0.252. The molecule has 1 aliphatic heterocycles. The van der Waals surface area contributed by atoms with Crippen LogP contribution in [-0.2, 0) is 12.1 Å². The third-order valence-corrected chi connectivity index (χ3v) is 6.44. The van der Waals surface area contributed by atoms with Crippen molar-refractivity contribution < 1.29 is 9.84 Å². The summed E-state index contributed by atoms with van der Waals surface area (Å²) in [6, 6.07) is 11.2. The van der Waals surface area contributed by atoms with Crippen molar-refractivity contribution in [1.29, 1.82) is 0 Å². The molecule has 0 radical (unpaired) electrons. The van der Waals surface area contributed by atoms with Gasteiger partial charge in [-0.05, 0) is 51.0 Å². The number of benzene rings is 1. The van der Waals surface area contributed by atoms with Crippen LogP contribution in [-0.4, -0.2) is 49.6 Å². The van der Waals surface area contributed by atoms with E-state index in [4.69, 9.17) is 4.74 Å². The van der Waals surface area contributed by atoms with E-state index in [2.05, 4.69) is 31.7 Å². The number of nitrogens with zero attached hydrogens (tertiary/aromatic N) is 6. The second kappa shape index (κ2) is 9.70. The van der Waals surface area contributed by atoms with Crippen molar-refractivity contribution in [3.8, 4) is 11.6 Å². The number of methoxy groups -OCH3 is 1. The molecule has 0 saturated carbocycles. The molecule has 0 spiro atoms. The topological polar surface area (TPSA) is 110 Å². The highest BCUT2D eigenvalue weighted by Crippen LogP contribution is 2.34. The Labute approximate surface area is 214 Å². The van der Waals surface area contributed by atoms with Crippen LogP contribution in [0.25, 0.3) is 16.9 Å². The summed E-state index contributed by atoms with van der Waals surface area (Å²) in [6.45, 7) is 9.40. The lowest BCUT2D eigenvalue weighted by atomic mass is 10.1. The van der Waals surface area contributed by atoms with Crippen molar-refractivity contribution in [2.75, 3.05) is 30.4 Å². The van der Waals surface area contributed by atoms with E-state index >= 15 is 0 Å². The molecule has 10 nitrogen and oxygen atoms in total. The summed E-state index contributed by atoms with van der Waals surface area (Å²) in [5.74, 6) is 1.55. The molecular formula is C27H31N7O3. The van der Waals surface area contributed by atoms with Gasteiger partial charge in [-0.25, -0.2) is 19.3 Å². The maximum atomic E-state index is 13.2. The van der Waals surface area contributed by atoms with Crippen molar-refractivity contribution >= 4 is 28.4 Å². The zero-order valence-corrected chi connectivity index (χ0v) is 21.3. The molecule has 1 fully saturated rings. The van der Waals surface area contributed by atoms with E-state index in [1.54, 1.807) is 49.9 Å². The normalized spacial score (nSPS) is 13.8. The van der Waals surface area contributed by atoms with Gasteiger partial charge in [0.1, 0.15) is 16.7 Å². The number of rotatable bonds is 8. The first-order chi connectivity index (χ1) is 17.8. The molecule has 0 aliphatic carbocycles. The minimum Gasteiger partial charge on any atom is -0.495 e. The van der Waals surface area contributed by atoms with E-state index in [9.17, 15) is 9.90 Å². The number of aromatic nitrogens is 5. The number of allylic oxidation sites excluding steroid dienone is 1. The Morgan fingerprint density at radius 3 is 2.68 bits per heavy atom. The van der Waals surface area contributed by atoms with Crippen molar-refractivity contribution in [2.24, 2.45) is 0 Å². The summed E-state index contributed by atoms with van der Waals surface area (Å²) in [5.41, 5.74) is 1.29. The number of ether oxygens (including phenoxy) is 1. The SMILES string of the molecule is C=CCn1c(=O)c2cnc(Nc3ccc(N4CCCC4)c(OC)c3)nc2n1-c1cccc(C(C)(C)O)n1. The Balaban J connectivity index is 1.57. The molecule has 1 aromatic carbocycles. The van der Waals surface area contributed by atoms with Crippen LogP contribution in [0, 0.1) is 0 Å². The summed E-state index contributed by atoms with van der Waals surface area (Å²) >= 11 is 0. The molecule has 3 aromatic heterocycles.